The molecule has 24 heavy (non-hydrogen) atoms. The average molecular weight is 332 g/mol. The quantitative estimate of drug-likeness (QED) is 0.939. The van der Waals surface area contributed by atoms with Crippen LogP contribution < -0.4 is 5.32 Å². The van der Waals surface area contributed by atoms with Crippen molar-refractivity contribution in [3.05, 3.63) is 47.1 Å². The zero-order valence-electron chi connectivity index (χ0n) is 13.9. The normalized spacial score (nSPS) is 15.5. The van der Waals surface area contributed by atoms with Crippen molar-refractivity contribution in [1.82, 2.24) is 15.0 Å². The molecule has 128 valence electrons. The minimum atomic E-state index is -0.319. The fourth-order valence-corrected chi connectivity index (χ4v) is 2.80. The number of nitrogens with zero attached hydrogens (tertiary/aromatic N) is 3. The zero-order chi connectivity index (χ0) is 17.1. The molecule has 7 heteroatoms. The van der Waals surface area contributed by atoms with Gasteiger partial charge >= 0.3 is 6.03 Å². The number of benzene rings is 1. The summed E-state index contributed by atoms with van der Waals surface area (Å²) in [6.07, 6.45) is 0. The first-order valence-electron chi connectivity index (χ1n) is 7.98. The van der Waals surface area contributed by atoms with Crippen molar-refractivity contribution < 1.29 is 13.7 Å². The molecule has 1 aromatic heterocycles. The minimum Gasteiger partial charge on any atom is -0.361 e. The number of aromatic nitrogens is 1. The average Bonchev–Trinajstić information content (AvgIpc) is 2.89. The number of hydrogen-bond donors (Lipinski definition) is 1. The van der Waals surface area contributed by atoms with Crippen LogP contribution in [0.3, 0.4) is 0 Å². The van der Waals surface area contributed by atoms with Gasteiger partial charge in [-0.15, -0.1) is 0 Å². The second kappa shape index (κ2) is 7.00. The fourth-order valence-electron chi connectivity index (χ4n) is 2.80. The highest BCUT2D eigenvalue weighted by Gasteiger charge is 2.22. The summed E-state index contributed by atoms with van der Waals surface area (Å²) in [5, 5.41) is 6.77. The summed E-state index contributed by atoms with van der Waals surface area (Å²) in [4.78, 5) is 16.3. The molecule has 1 aliphatic rings. The van der Waals surface area contributed by atoms with E-state index in [0.717, 1.165) is 36.7 Å². The second-order valence-electron chi connectivity index (χ2n) is 6.00. The van der Waals surface area contributed by atoms with Crippen LogP contribution in [0.1, 0.15) is 17.0 Å². The SMILES string of the molecule is Cc1noc(C)c1CN1CCN(C(=O)Nc2ccc(F)cc2)CC1. The summed E-state index contributed by atoms with van der Waals surface area (Å²) in [6.45, 7) is 7.53. The Hall–Kier alpha value is -2.41. The Kier molecular flexibility index (Phi) is 4.80. The zero-order valence-corrected chi connectivity index (χ0v) is 13.9. The Bertz CT molecular complexity index is 686. The van der Waals surface area contributed by atoms with Crippen LogP contribution in [0.25, 0.3) is 0 Å². The number of nitrogens with one attached hydrogen (secondary N) is 1. The number of anilines is 1. The minimum absolute atomic E-state index is 0.154. The summed E-state index contributed by atoms with van der Waals surface area (Å²) < 4.78 is 18.1. The molecule has 0 bridgehead atoms. The summed E-state index contributed by atoms with van der Waals surface area (Å²) in [5.74, 6) is 0.532. The lowest BCUT2D eigenvalue weighted by Crippen LogP contribution is -2.49. The van der Waals surface area contributed by atoms with E-state index in [2.05, 4.69) is 15.4 Å². The highest BCUT2D eigenvalue weighted by molar-refractivity contribution is 5.89. The molecule has 0 spiro atoms. The number of carbonyl (C=O) groups is 1. The van der Waals surface area contributed by atoms with Gasteiger partial charge in [-0.2, -0.15) is 0 Å². The number of hydrogen-bond acceptors (Lipinski definition) is 4. The first-order chi connectivity index (χ1) is 11.5. The van der Waals surface area contributed by atoms with Gasteiger partial charge in [0.2, 0.25) is 0 Å². The van der Waals surface area contributed by atoms with Crippen LogP contribution in [-0.4, -0.2) is 47.2 Å². The maximum absolute atomic E-state index is 12.9. The molecule has 1 N–H and O–H groups in total. The maximum atomic E-state index is 12.9. The third-order valence-corrected chi connectivity index (χ3v) is 4.32. The van der Waals surface area contributed by atoms with Crippen LogP contribution in [0.15, 0.2) is 28.8 Å². The molecule has 1 saturated heterocycles. The lowest BCUT2D eigenvalue weighted by Gasteiger charge is -2.34. The first-order valence-corrected chi connectivity index (χ1v) is 7.98. The van der Waals surface area contributed by atoms with Gasteiger partial charge < -0.3 is 14.7 Å². The van der Waals surface area contributed by atoms with E-state index in [1.807, 2.05) is 13.8 Å². The van der Waals surface area contributed by atoms with Crippen molar-refractivity contribution in [3.8, 4) is 0 Å². The Morgan fingerprint density at radius 1 is 1.21 bits per heavy atom. The molecule has 2 aromatic rings. The molecule has 0 aliphatic carbocycles. The molecule has 1 fully saturated rings. The largest absolute Gasteiger partial charge is 0.361 e. The first kappa shape index (κ1) is 16.4. The number of piperazine rings is 1. The van der Waals surface area contributed by atoms with Gasteiger partial charge in [0.05, 0.1) is 5.69 Å². The molecule has 0 saturated carbocycles. The van der Waals surface area contributed by atoms with E-state index >= 15 is 0 Å². The number of urea groups is 1. The van der Waals surface area contributed by atoms with Crippen molar-refractivity contribution in [2.24, 2.45) is 0 Å². The summed E-state index contributed by atoms with van der Waals surface area (Å²) >= 11 is 0. The van der Waals surface area contributed by atoms with Crippen LogP contribution in [0.5, 0.6) is 0 Å². The topological polar surface area (TPSA) is 61.6 Å². The van der Waals surface area contributed by atoms with Crippen LogP contribution in [0, 0.1) is 19.7 Å². The standard InChI is InChI=1S/C17H21FN4O2/c1-12-16(13(2)24-20-12)11-21-7-9-22(10-8-21)17(23)19-15-5-3-14(18)4-6-15/h3-6H,7-11H2,1-2H3,(H,19,23). The van der Waals surface area contributed by atoms with Gasteiger partial charge in [0.15, 0.2) is 0 Å². The monoisotopic (exact) mass is 332 g/mol. The van der Waals surface area contributed by atoms with E-state index < -0.39 is 0 Å². The highest BCUT2D eigenvalue weighted by atomic mass is 19.1. The smallest absolute Gasteiger partial charge is 0.321 e. The van der Waals surface area contributed by atoms with E-state index in [0.29, 0.717) is 18.8 Å². The molecule has 0 radical (unpaired) electrons. The molecule has 2 amide bonds. The van der Waals surface area contributed by atoms with Gasteiger partial charge in [0.1, 0.15) is 11.6 Å². The highest BCUT2D eigenvalue weighted by Crippen LogP contribution is 2.17. The second-order valence-corrected chi connectivity index (χ2v) is 6.00. The Morgan fingerprint density at radius 2 is 1.88 bits per heavy atom. The van der Waals surface area contributed by atoms with E-state index in [1.165, 1.54) is 12.1 Å². The lowest BCUT2D eigenvalue weighted by atomic mass is 10.2. The van der Waals surface area contributed by atoms with Gasteiger partial charge in [-0.05, 0) is 38.1 Å². The number of carbonyl (C=O) groups excluding carboxylic acids is 1. The van der Waals surface area contributed by atoms with E-state index in [4.69, 9.17) is 4.52 Å². The molecule has 0 atom stereocenters. The number of halogens is 1. The van der Waals surface area contributed by atoms with Crippen LogP contribution in [-0.2, 0) is 6.54 Å². The van der Waals surface area contributed by atoms with Crippen molar-refractivity contribution in [2.75, 3.05) is 31.5 Å². The molecule has 6 nitrogen and oxygen atoms in total. The number of rotatable bonds is 3. The van der Waals surface area contributed by atoms with Crippen LogP contribution in [0.2, 0.25) is 0 Å². The number of amides is 2. The van der Waals surface area contributed by atoms with Gasteiger partial charge in [0.25, 0.3) is 0 Å². The molecule has 1 aromatic carbocycles. The summed E-state index contributed by atoms with van der Waals surface area (Å²) in [7, 11) is 0. The van der Waals surface area contributed by atoms with E-state index in [-0.39, 0.29) is 11.8 Å². The van der Waals surface area contributed by atoms with E-state index in [1.54, 1.807) is 17.0 Å². The summed E-state index contributed by atoms with van der Waals surface area (Å²) in [6, 6.07) is 5.62. The number of aryl methyl sites for hydroxylation is 2. The van der Waals surface area contributed by atoms with Crippen molar-refractivity contribution in [2.45, 2.75) is 20.4 Å². The third-order valence-electron chi connectivity index (χ3n) is 4.32. The molecular weight excluding hydrogens is 311 g/mol. The molecule has 3 rings (SSSR count). The van der Waals surface area contributed by atoms with Gasteiger partial charge in [-0.1, -0.05) is 5.16 Å². The Balaban J connectivity index is 1.51. The van der Waals surface area contributed by atoms with Crippen molar-refractivity contribution in [3.63, 3.8) is 0 Å². The fraction of sp³-hybridized carbons (Fsp3) is 0.412. The Morgan fingerprint density at radius 3 is 2.46 bits per heavy atom. The van der Waals surface area contributed by atoms with Gasteiger partial charge in [0, 0.05) is 44.0 Å². The van der Waals surface area contributed by atoms with E-state index in [9.17, 15) is 9.18 Å². The summed E-state index contributed by atoms with van der Waals surface area (Å²) in [5.41, 5.74) is 2.64. The van der Waals surface area contributed by atoms with Crippen LogP contribution >= 0.6 is 0 Å². The molecular formula is C17H21FN4O2. The van der Waals surface area contributed by atoms with Crippen molar-refractivity contribution >= 4 is 11.7 Å². The van der Waals surface area contributed by atoms with Crippen molar-refractivity contribution in [1.29, 1.82) is 0 Å². The predicted octanol–water partition coefficient (Wildman–Crippen LogP) is 2.78. The third kappa shape index (κ3) is 3.73. The predicted molar refractivity (Wildman–Crippen MR) is 88.2 cm³/mol. The Labute approximate surface area is 140 Å². The lowest BCUT2D eigenvalue weighted by molar-refractivity contribution is 0.142. The van der Waals surface area contributed by atoms with Crippen LogP contribution in [0.4, 0.5) is 14.9 Å². The maximum Gasteiger partial charge on any atom is 0.321 e. The molecule has 2 heterocycles. The van der Waals surface area contributed by atoms with Gasteiger partial charge in [-0.25, -0.2) is 9.18 Å². The molecule has 1 aliphatic heterocycles. The molecule has 0 unspecified atom stereocenters. The van der Waals surface area contributed by atoms with Gasteiger partial charge in [-0.3, -0.25) is 4.90 Å².